The lowest BCUT2D eigenvalue weighted by atomic mass is 9.95. The number of aliphatic hydroxyl groups is 1. The molecule has 7 heteroatoms. The van der Waals surface area contributed by atoms with Crippen molar-refractivity contribution in [3.05, 3.63) is 76.3 Å². The Morgan fingerprint density at radius 1 is 1.07 bits per heavy atom. The van der Waals surface area contributed by atoms with E-state index in [1.165, 1.54) is 0 Å². The summed E-state index contributed by atoms with van der Waals surface area (Å²) in [5.41, 5.74) is 0.666. The van der Waals surface area contributed by atoms with Gasteiger partial charge in [0.2, 0.25) is 0 Å². The number of aliphatic hydroxyl groups excluding tert-OH is 1. The topological polar surface area (TPSA) is 97.7 Å². The standard InChI is InChI=1S/C20H16ClNO5/c21-14-9-5-4-8-13(14)17-16(18(25)12-6-2-1-3-7-12)19(26)20(27)22(17)11-10-15(23)24/h1-9,17,25H,10-11H2,(H,23,24)/p-1/t17-/m0/s1. The minimum absolute atomic E-state index is 0.127. The third-order valence-corrected chi connectivity index (χ3v) is 4.69. The zero-order valence-electron chi connectivity index (χ0n) is 14.1. The second kappa shape index (κ2) is 7.63. The van der Waals surface area contributed by atoms with E-state index in [0.717, 1.165) is 4.90 Å². The third-order valence-electron chi connectivity index (χ3n) is 4.34. The summed E-state index contributed by atoms with van der Waals surface area (Å²) in [6.45, 7) is -0.242. The molecule has 0 bridgehead atoms. The van der Waals surface area contributed by atoms with Gasteiger partial charge in [-0.1, -0.05) is 60.1 Å². The predicted molar refractivity (Wildman–Crippen MR) is 96.5 cm³/mol. The van der Waals surface area contributed by atoms with Crippen LogP contribution in [0.15, 0.2) is 60.2 Å². The number of hydrogen-bond acceptors (Lipinski definition) is 5. The molecule has 1 N–H and O–H groups in total. The predicted octanol–water partition coefficient (Wildman–Crippen LogP) is 1.90. The van der Waals surface area contributed by atoms with Gasteiger partial charge >= 0.3 is 0 Å². The van der Waals surface area contributed by atoms with E-state index in [9.17, 15) is 24.6 Å². The first-order valence-corrected chi connectivity index (χ1v) is 8.57. The average Bonchev–Trinajstić information content (AvgIpc) is 2.91. The van der Waals surface area contributed by atoms with Crippen LogP contribution in [0, 0.1) is 0 Å². The average molecular weight is 385 g/mol. The number of Topliss-reactive ketones (excluding diaryl/α,β-unsaturated/α-hetero) is 1. The van der Waals surface area contributed by atoms with Crippen molar-refractivity contribution in [2.24, 2.45) is 0 Å². The molecule has 2 aromatic rings. The molecule has 6 nitrogen and oxygen atoms in total. The van der Waals surface area contributed by atoms with E-state index in [2.05, 4.69) is 0 Å². The van der Waals surface area contributed by atoms with Gasteiger partial charge in [-0.25, -0.2) is 0 Å². The Bertz CT molecular complexity index is 938. The van der Waals surface area contributed by atoms with Crippen LogP contribution in [0.5, 0.6) is 0 Å². The number of amides is 1. The molecule has 1 fully saturated rings. The maximum atomic E-state index is 12.7. The molecular formula is C20H15ClNO5-. The quantitative estimate of drug-likeness (QED) is 0.482. The van der Waals surface area contributed by atoms with E-state index < -0.39 is 30.1 Å². The zero-order valence-corrected chi connectivity index (χ0v) is 14.8. The highest BCUT2D eigenvalue weighted by atomic mass is 35.5. The summed E-state index contributed by atoms with van der Waals surface area (Å²) in [6.07, 6.45) is -0.445. The molecule has 1 saturated heterocycles. The monoisotopic (exact) mass is 384 g/mol. The van der Waals surface area contributed by atoms with Crippen LogP contribution in [0.3, 0.4) is 0 Å². The number of carbonyl (C=O) groups is 3. The number of carboxylic acid groups (broad SMARTS) is 1. The van der Waals surface area contributed by atoms with E-state index in [-0.39, 0.29) is 17.9 Å². The van der Waals surface area contributed by atoms with Crippen LogP contribution in [-0.4, -0.2) is 34.2 Å². The number of hydrogen-bond donors (Lipinski definition) is 1. The normalized spacial score (nSPS) is 18.7. The van der Waals surface area contributed by atoms with Crippen LogP contribution in [0.25, 0.3) is 5.76 Å². The van der Waals surface area contributed by atoms with Crippen LogP contribution in [0.2, 0.25) is 5.02 Å². The molecular weight excluding hydrogens is 370 g/mol. The van der Waals surface area contributed by atoms with Gasteiger partial charge in [-0.2, -0.15) is 0 Å². The lowest BCUT2D eigenvalue weighted by Crippen LogP contribution is -2.34. The van der Waals surface area contributed by atoms with Crippen LogP contribution < -0.4 is 5.11 Å². The Hall–Kier alpha value is -3.12. The minimum Gasteiger partial charge on any atom is -0.550 e. The van der Waals surface area contributed by atoms with Gasteiger partial charge in [0.25, 0.3) is 11.7 Å². The first kappa shape index (κ1) is 18.7. The lowest BCUT2D eigenvalue weighted by molar-refractivity contribution is -0.305. The van der Waals surface area contributed by atoms with Crippen molar-refractivity contribution < 1.29 is 24.6 Å². The largest absolute Gasteiger partial charge is 0.550 e. The SMILES string of the molecule is O=C([O-])CCN1C(=O)C(=O)C(=C(O)c2ccccc2)[C@@H]1c1ccccc1Cl. The maximum absolute atomic E-state index is 12.7. The number of likely N-dealkylation sites (tertiary alicyclic amines) is 1. The zero-order chi connectivity index (χ0) is 19.6. The fourth-order valence-electron chi connectivity index (χ4n) is 3.09. The number of carboxylic acids is 1. The summed E-state index contributed by atoms with van der Waals surface area (Å²) in [5, 5.41) is 21.9. The van der Waals surface area contributed by atoms with Gasteiger partial charge < -0.3 is 19.9 Å². The van der Waals surface area contributed by atoms with E-state index in [0.29, 0.717) is 16.1 Å². The van der Waals surface area contributed by atoms with Gasteiger partial charge in [-0.3, -0.25) is 9.59 Å². The van der Waals surface area contributed by atoms with Crippen molar-refractivity contribution >= 4 is 35.0 Å². The Morgan fingerprint density at radius 3 is 2.33 bits per heavy atom. The number of benzene rings is 2. The summed E-state index contributed by atoms with van der Waals surface area (Å²) >= 11 is 6.26. The van der Waals surface area contributed by atoms with Gasteiger partial charge in [-0.15, -0.1) is 0 Å². The molecule has 2 aromatic carbocycles. The van der Waals surface area contributed by atoms with Crippen LogP contribution in [-0.2, 0) is 14.4 Å². The van der Waals surface area contributed by atoms with Gasteiger partial charge in [-0.05, 0) is 11.6 Å². The maximum Gasteiger partial charge on any atom is 0.295 e. The molecule has 0 radical (unpaired) electrons. The van der Waals surface area contributed by atoms with Crippen LogP contribution in [0.1, 0.15) is 23.6 Å². The molecule has 0 aromatic heterocycles. The first-order valence-electron chi connectivity index (χ1n) is 8.20. The Labute approximate surface area is 160 Å². The van der Waals surface area contributed by atoms with Crippen LogP contribution in [0.4, 0.5) is 0 Å². The summed E-state index contributed by atoms with van der Waals surface area (Å²) in [4.78, 5) is 37.2. The number of carbonyl (C=O) groups excluding carboxylic acids is 3. The molecule has 3 rings (SSSR count). The van der Waals surface area contributed by atoms with Gasteiger partial charge in [0.05, 0.1) is 11.6 Å². The van der Waals surface area contributed by atoms with E-state index in [4.69, 9.17) is 11.6 Å². The van der Waals surface area contributed by atoms with E-state index in [1.807, 2.05) is 0 Å². The smallest absolute Gasteiger partial charge is 0.295 e. The lowest BCUT2D eigenvalue weighted by Gasteiger charge is -2.26. The number of halogens is 1. The number of aliphatic carboxylic acids is 1. The summed E-state index contributed by atoms with van der Waals surface area (Å²) in [6, 6.07) is 13.9. The highest BCUT2D eigenvalue weighted by Gasteiger charge is 2.46. The molecule has 27 heavy (non-hydrogen) atoms. The molecule has 1 aliphatic rings. The Balaban J connectivity index is 2.18. The van der Waals surface area contributed by atoms with Crippen molar-refractivity contribution in [3.63, 3.8) is 0 Å². The highest BCUT2D eigenvalue weighted by molar-refractivity contribution is 6.47. The molecule has 1 amide bonds. The fraction of sp³-hybridized carbons (Fsp3) is 0.150. The van der Waals surface area contributed by atoms with Crippen molar-refractivity contribution in [3.8, 4) is 0 Å². The molecule has 138 valence electrons. The molecule has 0 aliphatic carbocycles. The summed E-state index contributed by atoms with van der Waals surface area (Å²) < 4.78 is 0. The molecule has 1 heterocycles. The fourth-order valence-corrected chi connectivity index (χ4v) is 3.33. The molecule has 0 spiro atoms. The number of nitrogens with zero attached hydrogens (tertiary/aromatic N) is 1. The second-order valence-electron chi connectivity index (χ2n) is 6.00. The minimum atomic E-state index is -1.35. The highest BCUT2D eigenvalue weighted by Crippen LogP contribution is 2.41. The molecule has 1 aliphatic heterocycles. The molecule has 0 unspecified atom stereocenters. The van der Waals surface area contributed by atoms with Gasteiger partial charge in [0, 0.05) is 29.5 Å². The van der Waals surface area contributed by atoms with Crippen molar-refractivity contribution in [1.82, 2.24) is 4.90 Å². The van der Waals surface area contributed by atoms with Gasteiger partial charge in [0.1, 0.15) is 5.76 Å². The van der Waals surface area contributed by atoms with E-state index in [1.54, 1.807) is 54.6 Å². The third kappa shape index (κ3) is 3.57. The Morgan fingerprint density at radius 2 is 1.70 bits per heavy atom. The first-order chi connectivity index (χ1) is 12.9. The summed E-state index contributed by atoms with van der Waals surface area (Å²) in [7, 11) is 0. The number of ketones is 1. The van der Waals surface area contributed by atoms with Gasteiger partial charge in [0.15, 0.2) is 0 Å². The van der Waals surface area contributed by atoms with Crippen molar-refractivity contribution in [2.45, 2.75) is 12.5 Å². The molecule has 1 atom stereocenters. The summed E-state index contributed by atoms with van der Waals surface area (Å²) in [5.74, 6) is -3.47. The van der Waals surface area contributed by atoms with Crippen molar-refractivity contribution in [1.29, 1.82) is 0 Å². The van der Waals surface area contributed by atoms with Crippen molar-refractivity contribution in [2.75, 3.05) is 6.54 Å². The van der Waals surface area contributed by atoms with E-state index >= 15 is 0 Å². The van der Waals surface area contributed by atoms with Crippen LogP contribution >= 0.6 is 11.6 Å². The number of rotatable bonds is 5. The Kier molecular flexibility index (Phi) is 5.28. The molecule has 0 saturated carbocycles. The second-order valence-corrected chi connectivity index (χ2v) is 6.41.